The first-order chi connectivity index (χ1) is 7.45. The van der Waals surface area contributed by atoms with Crippen LogP contribution in [0.25, 0.3) is 0 Å². The maximum Gasteiger partial charge on any atom is 0.417 e. The molecule has 0 aliphatic heterocycles. The van der Waals surface area contributed by atoms with Gasteiger partial charge in [0.1, 0.15) is 0 Å². The SMILES string of the molecule is FC(F)(F)c1cc(C#CCCBr)ccc1Br. The molecular formula is C11H7Br2F3. The smallest absolute Gasteiger partial charge is 0.166 e. The first kappa shape index (κ1) is 13.6. The third kappa shape index (κ3) is 3.84. The molecule has 0 radical (unpaired) electrons. The Hall–Kier alpha value is -0.470. The summed E-state index contributed by atoms with van der Waals surface area (Å²) in [5.74, 6) is 5.45. The van der Waals surface area contributed by atoms with Crippen LogP contribution in [0.1, 0.15) is 17.5 Å². The summed E-state index contributed by atoms with van der Waals surface area (Å²) in [7, 11) is 0. The van der Waals surface area contributed by atoms with Gasteiger partial charge in [-0.1, -0.05) is 43.7 Å². The van der Waals surface area contributed by atoms with Gasteiger partial charge in [0.15, 0.2) is 0 Å². The Morgan fingerprint density at radius 2 is 1.94 bits per heavy atom. The van der Waals surface area contributed by atoms with Gasteiger partial charge in [0.2, 0.25) is 0 Å². The average Bonchev–Trinajstić information content (AvgIpc) is 2.19. The number of alkyl halides is 4. The molecule has 0 aliphatic rings. The zero-order valence-corrected chi connectivity index (χ0v) is 11.2. The fourth-order valence-corrected chi connectivity index (χ4v) is 1.70. The van der Waals surface area contributed by atoms with Crippen molar-refractivity contribution in [3.8, 4) is 11.8 Å². The van der Waals surface area contributed by atoms with E-state index in [-0.39, 0.29) is 4.47 Å². The first-order valence-corrected chi connectivity index (χ1v) is 6.28. The van der Waals surface area contributed by atoms with Crippen molar-refractivity contribution in [2.75, 3.05) is 5.33 Å². The van der Waals surface area contributed by atoms with Crippen molar-refractivity contribution in [1.29, 1.82) is 0 Å². The Kier molecular flexibility index (Phi) is 4.88. The first-order valence-electron chi connectivity index (χ1n) is 4.36. The van der Waals surface area contributed by atoms with E-state index in [1.54, 1.807) is 6.07 Å². The third-order valence-corrected chi connectivity index (χ3v) is 2.81. The van der Waals surface area contributed by atoms with E-state index in [2.05, 4.69) is 43.7 Å². The molecule has 0 unspecified atom stereocenters. The minimum atomic E-state index is -4.36. The van der Waals surface area contributed by atoms with Crippen molar-refractivity contribution < 1.29 is 13.2 Å². The molecule has 0 saturated heterocycles. The van der Waals surface area contributed by atoms with E-state index in [1.807, 2.05) is 0 Å². The second-order valence-electron chi connectivity index (χ2n) is 2.93. The molecule has 86 valence electrons. The van der Waals surface area contributed by atoms with Crippen LogP contribution in [0.4, 0.5) is 13.2 Å². The summed E-state index contributed by atoms with van der Waals surface area (Å²) < 4.78 is 37.6. The highest BCUT2D eigenvalue weighted by molar-refractivity contribution is 9.10. The Labute approximate surface area is 108 Å². The normalized spacial score (nSPS) is 10.8. The Balaban J connectivity index is 3.05. The van der Waals surface area contributed by atoms with Crippen molar-refractivity contribution in [3.05, 3.63) is 33.8 Å². The minimum absolute atomic E-state index is 0.0334. The lowest BCUT2D eigenvalue weighted by atomic mass is 10.1. The number of halogens is 5. The second-order valence-corrected chi connectivity index (χ2v) is 4.58. The van der Waals surface area contributed by atoms with Crippen LogP contribution in [0.2, 0.25) is 0 Å². The number of hydrogen-bond acceptors (Lipinski definition) is 0. The summed E-state index contributed by atoms with van der Waals surface area (Å²) in [5, 5.41) is 0.711. The zero-order chi connectivity index (χ0) is 12.2. The topological polar surface area (TPSA) is 0 Å². The number of rotatable bonds is 1. The van der Waals surface area contributed by atoms with Crippen molar-refractivity contribution >= 4 is 31.9 Å². The highest BCUT2D eigenvalue weighted by Crippen LogP contribution is 2.35. The van der Waals surface area contributed by atoms with Gasteiger partial charge >= 0.3 is 6.18 Å². The van der Waals surface area contributed by atoms with Crippen LogP contribution in [0.5, 0.6) is 0 Å². The summed E-state index contributed by atoms with van der Waals surface area (Å²) in [4.78, 5) is 0. The molecule has 0 aromatic heterocycles. The lowest BCUT2D eigenvalue weighted by Crippen LogP contribution is -2.06. The van der Waals surface area contributed by atoms with Crippen molar-refractivity contribution in [3.63, 3.8) is 0 Å². The van der Waals surface area contributed by atoms with E-state index in [9.17, 15) is 13.2 Å². The van der Waals surface area contributed by atoms with Crippen molar-refractivity contribution in [2.24, 2.45) is 0 Å². The van der Waals surface area contributed by atoms with Gasteiger partial charge in [0.05, 0.1) is 5.56 Å². The molecule has 0 N–H and O–H groups in total. The highest BCUT2D eigenvalue weighted by Gasteiger charge is 2.32. The van der Waals surface area contributed by atoms with Gasteiger partial charge in [-0.05, 0) is 18.2 Å². The molecule has 0 saturated carbocycles. The molecule has 16 heavy (non-hydrogen) atoms. The van der Waals surface area contributed by atoms with Gasteiger partial charge in [0, 0.05) is 21.8 Å². The zero-order valence-electron chi connectivity index (χ0n) is 8.04. The van der Waals surface area contributed by atoms with Gasteiger partial charge in [0.25, 0.3) is 0 Å². The monoisotopic (exact) mass is 354 g/mol. The standard InChI is InChI=1S/C11H7Br2F3/c12-6-2-1-3-8-4-5-10(13)9(7-8)11(14,15)16/h4-5,7H,2,6H2. The van der Waals surface area contributed by atoms with Gasteiger partial charge in [-0.3, -0.25) is 0 Å². The summed E-state index contributed by atoms with van der Waals surface area (Å²) in [6, 6.07) is 3.97. The molecule has 0 amide bonds. The number of benzene rings is 1. The molecule has 0 heterocycles. The highest BCUT2D eigenvalue weighted by atomic mass is 79.9. The van der Waals surface area contributed by atoms with Gasteiger partial charge in [-0.15, -0.1) is 0 Å². The summed E-state index contributed by atoms with van der Waals surface area (Å²) in [5.41, 5.74) is -0.324. The molecule has 0 bridgehead atoms. The van der Waals surface area contributed by atoms with E-state index >= 15 is 0 Å². The molecule has 1 rings (SSSR count). The van der Waals surface area contributed by atoms with E-state index in [4.69, 9.17) is 0 Å². The van der Waals surface area contributed by atoms with Crippen LogP contribution in [0, 0.1) is 11.8 Å². The summed E-state index contributed by atoms with van der Waals surface area (Å²) in [6.07, 6.45) is -3.75. The van der Waals surface area contributed by atoms with Crippen LogP contribution < -0.4 is 0 Å². The largest absolute Gasteiger partial charge is 0.417 e. The molecule has 0 aliphatic carbocycles. The molecule has 1 aromatic rings. The van der Waals surface area contributed by atoms with Crippen LogP contribution >= 0.6 is 31.9 Å². The predicted molar refractivity (Wildman–Crippen MR) is 64.4 cm³/mol. The third-order valence-electron chi connectivity index (χ3n) is 1.72. The van der Waals surface area contributed by atoms with E-state index in [0.29, 0.717) is 17.3 Å². The second kappa shape index (κ2) is 5.74. The van der Waals surface area contributed by atoms with Crippen LogP contribution in [0.15, 0.2) is 22.7 Å². The lowest BCUT2D eigenvalue weighted by molar-refractivity contribution is -0.138. The maximum absolute atomic E-state index is 12.5. The van der Waals surface area contributed by atoms with E-state index in [0.717, 1.165) is 6.07 Å². The Bertz CT molecular complexity index is 427. The van der Waals surface area contributed by atoms with E-state index in [1.165, 1.54) is 6.07 Å². The quantitative estimate of drug-likeness (QED) is 0.510. The van der Waals surface area contributed by atoms with E-state index < -0.39 is 11.7 Å². The molecule has 0 fully saturated rings. The molecule has 1 aromatic carbocycles. The van der Waals surface area contributed by atoms with Crippen LogP contribution in [-0.2, 0) is 6.18 Å². The maximum atomic E-state index is 12.5. The minimum Gasteiger partial charge on any atom is -0.166 e. The van der Waals surface area contributed by atoms with Gasteiger partial charge in [-0.25, -0.2) is 0 Å². The van der Waals surface area contributed by atoms with Crippen LogP contribution in [-0.4, -0.2) is 5.33 Å². The summed E-state index contributed by atoms with van der Waals surface area (Å²) >= 11 is 6.06. The van der Waals surface area contributed by atoms with Crippen molar-refractivity contribution in [2.45, 2.75) is 12.6 Å². The summed E-state index contributed by atoms with van der Waals surface area (Å²) in [6.45, 7) is 0. The number of hydrogen-bond donors (Lipinski definition) is 0. The molecule has 5 heteroatoms. The molecule has 0 nitrogen and oxygen atoms in total. The van der Waals surface area contributed by atoms with Crippen molar-refractivity contribution in [1.82, 2.24) is 0 Å². The Morgan fingerprint density at radius 1 is 1.25 bits per heavy atom. The Morgan fingerprint density at radius 3 is 2.50 bits per heavy atom. The van der Waals surface area contributed by atoms with Crippen LogP contribution in [0.3, 0.4) is 0 Å². The van der Waals surface area contributed by atoms with Gasteiger partial charge < -0.3 is 0 Å². The lowest BCUT2D eigenvalue weighted by Gasteiger charge is -2.08. The van der Waals surface area contributed by atoms with Gasteiger partial charge in [-0.2, -0.15) is 13.2 Å². The fraction of sp³-hybridized carbons (Fsp3) is 0.273. The predicted octanol–water partition coefficient (Wildman–Crippen LogP) is 4.60. The fourth-order valence-electron chi connectivity index (χ4n) is 1.03. The molecule has 0 atom stereocenters. The average molecular weight is 356 g/mol. The molecular weight excluding hydrogens is 349 g/mol. The molecule has 0 spiro atoms.